The van der Waals surface area contributed by atoms with Crippen LogP contribution in [-0.2, 0) is 4.74 Å². The Kier molecular flexibility index (Phi) is 4.12. The molecule has 0 aromatic carbocycles. The van der Waals surface area contributed by atoms with Crippen molar-refractivity contribution in [2.24, 2.45) is 0 Å². The number of aromatic nitrogens is 3. The first-order valence-electron chi connectivity index (χ1n) is 8.52. The lowest BCUT2D eigenvalue weighted by Gasteiger charge is -2.38. The van der Waals surface area contributed by atoms with Gasteiger partial charge in [-0.25, -0.2) is 15.0 Å². The summed E-state index contributed by atoms with van der Waals surface area (Å²) in [5.74, 6) is 0.838. The van der Waals surface area contributed by atoms with Crippen molar-refractivity contribution in [3.63, 3.8) is 0 Å². The predicted octanol–water partition coefficient (Wildman–Crippen LogP) is 1.65. The van der Waals surface area contributed by atoms with E-state index in [-0.39, 0.29) is 17.6 Å². The number of amides is 1. The summed E-state index contributed by atoms with van der Waals surface area (Å²) in [7, 11) is 0. The predicted molar refractivity (Wildman–Crippen MR) is 89.1 cm³/mol. The number of oxazole rings is 1. The normalized spacial score (nSPS) is 26.1. The molecule has 4 heterocycles. The molecule has 2 aliphatic heterocycles. The van der Waals surface area contributed by atoms with Crippen LogP contribution in [0.5, 0.6) is 0 Å². The number of nitrogens with one attached hydrogen (secondary N) is 1. The average molecular weight is 343 g/mol. The highest BCUT2D eigenvalue weighted by Crippen LogP contribution is 2.35. The largest absolute Gasteiger partial charge is 0.438 e. The minimum Gasteiger partial charge on any atom is -0.438 e. The fourth-order valence-electron chi connectivity index (χ4n) is 3.66. The number of nitrogens with zero attached hydrogens (tertiary/aromatic N) is 4. The number of hydrogen-bond donors (Lipinski definition) is 1. The summed E-state index contributed by atoms with van der Waals surface area (Å²) >= 11 is 0. The summed E-state index contributed by atoms with van der Waals surface area (Å²) in [5, 5.41) is 3.38. The molecule has 2 aromatic rings. The topological polar surface area (TPSA) is 93.4 Å². The first-order chi connectivity index (χ1) is 12.2. The van der Waals surface area contributed by atoms with Gasteiger partial charge in [0.25, 0.3) is 5.91 Å². The number of ether oxygens (including phenoxy) is 1. The second-order valence-corrected chi connectivity index (χ2v) is 6.68. The summed E-state index contributed by atoms with van der Waals surface area (Å²) in [6.07, 6.45) is 7.30. The van der Waals surface area contributed by atoms with E-state index in [0.29, 0.717) is 37.1 Å². The highest BCUT2D eigenvalue weighted by molar-refractivity contribution is 5.92. The summed E-state index contributed by atoms with van der Waals surface area (Å²) in [6.45, 7) is 3.67. The zero-order chi connectivity index (χ0) is 17.3. The number of likely N-dealkylation sites (tertiary alicyclic amines) is 1. The van der Waals surface area contributed by atoms with Gasteiger partial charge in [0.15, 0.2) is 6.39 Å². The van der Waals surface area contributed by atoms with Gasteiger partial charge in [-0.15, -0.1) is 0 Å². The Morgan fingerprint density at radius 1 is 1.36 bits per heavy atom. The zero-order valence-electron chi connectivity index (χ0n) is 14.1. The third-order valence-electron chi connectivity index (χ3n) is 4.94. The molecular weight excluding hydrogens is 322 g/mol. The molecule has 1 N–H and O–H groups in total. The van der Waals surface area contributed by atoms with Crippen LogP contribution in [0.2, 0.25) is 0 Å². The Bertz CT molecular complexity index is 750. The van der Waals surface area contributed by atoms with E-state index >= 15 is 0 Å². The van der Waals surface area contributed by atoms with Gasteiger partial charge in [0.2, 0.25) is 11.7 Å². The summed E-state index contributed by atoms with van der Waals surface area (Å²) < 4.78 is 11.3. The molecule has 0 bridgehead atoms. The Balaban J connectivity index is 1.42. The molecule has 2 atom stereocenters. The molecule has 0 aliphatic carbocycles. The molecule has 2 aromatic heterocycles. The van der Waals surface area contributed by atoms with Gasteiger partial charge < -0.3 is 19.4 Å². The molecule has 0 radical (unpaired) electrons. The zero-order valence-corrected chi connectivity index (χ0v) is 14.1. The lowest BCUT2D eigenvalue weighted by molar-refractivity contribution is -0.0721. The number of rotatable bonds is 3. The SMILES string of the molecule is Cc1ncoc1C(=O)N1CC[C@]2(C[C@H](Nc3ncccn3)CCO2)C1. The number of carbonyl (C=O) groups excluding carboxylic acids is 1. The Labute approximate surface area is 145 Å². The molecule has 2 fully saturated rings. The molecule has 2 saturated heterocycles. The summed E-state index contributed by atoms with van der Waals surface area (Å²) in [6, 6.07) is 2.03. The van der Waals surface area contributed by atoms with Gasteiger partial charge in [0.1, 0.15) is 0 Å². The van der Waals surface area contributed by atoms with Crippen LogP contribution in [-0.4, -0.2) is 57.1 Å². The maximum absolute atomic E-state index is 12.6. The van der Waals surface area contributed by atoms with Crippen LogP contribution < -0.4 is 5.32 Å². The van der Waals surface area contributed by atoms with Crippen molar-refractivity contribution in [3.8, 4) is 0 Å². The smallest absolute Gasteiger partial charge is 0.291 e. The summed E-state index contributed by atoms with van der Waals surface area (Å²) in [5.41, 5.74) is 0.310. The third kappa shape index (κ3) is 3.21. The van der Waals surface area contributed by atoms with Gasteiger partial charge in [0, 0.05) is 31.6 Å². The molecule has 0 unspecified atom stereocenters. The van der Waals surface area contributed by atoms with Gasteiger partial charge >= 0.3 is 0 Å². The van der Waals surface area contributed by atoms with Crippen LogP contribution >= 0.6 is 0 Å². The second kappa shape index (κ2) is 6.44. The van der Waals surface area contributed by atoms with E-state index < -0.39 is 0 Å². The first kappa shape index (κ1) is 16.0. The van der Waals surface area contributed by atoms with Gasteiger partial charge in [-0.2, -0.15) is 0 Å². The van der Waals surface area contributed by atoms with Crippen molar-refractivity contribution < 1.29 is 13.9 Å². The quantitative estimate of drug-likeness (QED) is 0.905. The standard InChI is InChI=1S/C17H21N5O3/c1-12-14(24-11-20-12)15(23)22-7-4-17(10-22)9-13(3-8-25-17)21-16-18-5-2-6-19-16/h2,5-6,11,13H,3-4,7-10H2,1H3,(H,18,19,21)/t13-,17+/m1/s1. The van der Waals surface area contributed by atoms with Gasteiger partial charge in [-0.3, -0.25) is 4.79 Å². The van der Waals surface area contributed by atoms with Crippen molar-refractivity contribution in [1.29, 1.82) is 0 Å². The van der Waals surface area contributed by atoms with Crippen LogP contribution in [0.4, 0.5) is 5.95 Å². The lowest BCUT2D eigenvalue weighted by atomic mass is 9.89. The fourth-order valence-corrected chi connectivity index (χ4v) is 3.66. The lowest BCUT2D eigenvalue weighted by Crippen LogP contribution is -2.47. The van der Waals surface area contributed by atoms with E-state index in [0.717, 1.165) is 19.3 Å². The molecule has 25 heavy (non-hydrogen) atoms. The summed E-state index contributed by atoms with van der Waals surface area (Å²) in [4.78, 5) is 26.9. The van der Waals surface area contributed by atoms with Gasteiger partial charge in [-0.1, -0.05) is 0 Å². The van der Waals surface area contributed by atoms with E-state index in [1.165, 1.54) is 6.39 Å². The molecule has 1 amide bonds. The van der Waals surface area contributed by atoms with E-state index in [4.69, 9.17) is 9.15 Å². The van der Waals surface area contributed by atoms with Crippen LogP contribution in [0.1, 0.15) is 35.5 Å². The third-order valence-corrected chi connectivity index (χ3v) is 4.94. The van der Waals surface area contributed by atoms with E-state index in [1.807, 2.05) is 0 Å². The van der Waals surface area contributed by atoms with Crippen molar-refractivity contribution in [3.05, 3.63) is 36.3 Å². The van der Waals surface area contributed by atoms with Crippen molar-refractivity contribution in [1.82, 2.24) is 19.9 Å². The highest BCUT2D eigenvalue weighted by Gasteiger charge is 2.45. The highest BCUT2D eigenvalue weighted by atomic mass is 16.5. The minimum atomic E-state index is -0.311. The minimum absolute atomic E-state index is 0.114. The monoisotopic (exact) mass is 343 g/mol. The number of anilines is 1. The molecule has 1 spiro atoms. The van der Waals surface area contributed by atoms with Crippen molar-refractivity contribution >= 4 is 11.9 Å². The molecule has 8 nitrogen and oxygen atoms in total. The molecule has 4 rings (SSSR count). The molecule has 132 valence electrons. The van der Waals surface area contributed by atoms with E-state index in [1.54, 1.807) is 30.3 Å². The molecule has 0 saturated carbocycles. The maximum Gasteiger partial charge on any atom is 0.291 e. The maximum atomic E-state index is 12.6. The number of aryl methyl sites for hydroxylation is 1. The fraction of sp³-hybridized carbons (Fsp3) is 0.529. The molecular formula is C17H21N5O3. The average Bonchev–Trinajstić information content (AvgIpc) is 3.22. The van der Waals surface area contributed by atoms with E-state index in [2.05, 4.69) is 20.3 Å². The number of carbonyl (C=O) groups is 1. The van der Waals surface area contributed by atoms with Crippen molar-refractivity contribution in [2.45, 2.75) is 37.8 Å². The Morgan fingerprint density at radius 2 is 2.20 bits per heavy atom. The van der Waals surface area contributed by atoms with Crippen LogP contribution in [0.15, 0.2) is 29.3 Å². The first-order valence-corrected chi connectivity index (χ1v) is 8.52. The van der Waals surface area contributed by atoms with Crippen molar-refractivity contribution in [2.75, 3.05) is 25.0 Å². The van der Waals surface area contributed by atoms with Gasteiger partial charge in [0.05, 0.1) is 17.8 Å². The molecule has 2 aliphatic rings. The van der Waals surface area contributed by atoms with E-state index in [9.17, 15) is 4.79 Å². The van der Waals surface area contributed by atoms with Crippen LogP contribution in [0, 0.1) is 6.92 Å². The number of hydrogen-bond acceptors (Lipinski definition) is 7. The Hall–Kier alpha value is -2.48. The second-order valence-electron chi connectivity index (χ2n) is 6.68. The Morgan fingerprint density at radius 3 is 2.96 bits per heavy atom. The van der Waals surface area contributed by atoms with Gasteiger partial charge in [-0.05, 0) is 32.3 Å². The molecule has 8 heteroatoms. The van der Waals surface area contributed by atoms with Crippen LogP contribution in [0.3, 0.4) is 0 Å². The van der Waals surface area contributed by atoms with Crippen LogP contribution in [0.25, 0.3) is 0 Å².